The van der Waals surface area contributed by atoms with Crippen molar-refractivity contribution in [3.63, 3.8) is 0 Å². The number of aromatic hydroxyl groups is 1. The van der Waals surface area contributed by atoms with Crippen molar-refractivity contribution < 1.29 is 24.1 Å². The minimum absolute atomic E-state index is 0.115. The number of aromatic carboxylic acids is 1. The van der Waals surface area contributed by atoms with E-state index in [1.807, 2.05) is 24.3 Å². The summed E-state index contributed by atoms with van der Waals surface area (Å²) in [6.07, 6.45) is 0. The Bertz CT molecular complexity index is 1560. The Kier molecular flexibility index (Phi) is 5.66. The number of carboxylic acid groups (broad SMARTS) is 1. The SMILES string of the molecule is Cc1ccc(COc2nc3cc(-c4ccc(-c5ccccc5O)cc4)c(F)cc3[nH]2)cc1C(=O)O. The Balaban J connectivity index is 1.38. The number of halogens is 1. The molecule has 5 rings (SSSR count). The van der Waals surface area contributed by atoms with Crippen molar-refractivity contribution in [2.75, 3.05) is 0 Å². The number of phenols is 1. The summed E-state index contributed by atoms with van der Waals surface area (Å²) in [6.45, 7) is 1.85. The number of rotatable bonds is 6. The highest BCUT2D eigenvalue weighted by molar-refractivity contribution is 5.89. The number of aryl methyl sites for hydroxylation is 1. The fourth-order valence-corrected chi connectivity index (χ4v) is 3.98. The summed E-state index contributed by atoms with van der Waals surface area (Å²) in [6, 6.07) is 22.6. The third kappa shape index (κ3) is 4.44. The van der Waals surface area contributed by atoms with Gasteiger partial charge < -0.3 is 19.9 Å². The summed E-state index contributed by atoms with van der Waals surface area (Å²) in [7, 11) is 0. The second kappa shape index (κ2) is 8.95. The van der Waals surface area contributed by atoms with E-state index in [1.54, 1.807) is 55.5 Å². The van der Waals surface area contributed by atoms with Gasteiger partial charge in [0.15, 0.2) is 0 Å². The highest BCUT2D eigenvalue weighted by atomic mass is 19.1. The average Bonchev–Trinajstić information content (AvgIpc) is 3.25. The predicted octanol–water partition coefficient (Wildman–Crippen LogP) is 6.33. The number of para-hydroxylation sites is 1. The lowest BCUT2D eigenvalue weighted by Gasteiger charge is -2.07. The van der Waals surface area contributed by atoms with Crippen LogP contribution in [0.25, 0.3) is 33.3 Å². The first-order chi connectivity index (χ1) is 16.9. The molecular weight excluding hydrogens is 447 g/mol. The molecule has 0 aliphatic rings. The lowest BCUT2D eigenvalue weighted by Crippen LogP contribution is -2.03. The quantitative estimate of drug-likeness (QED) is 0.271. The number of nitrogens with one attached hydrogen (secondary N) is 1. The molecule has 0 amide bonds. The molecule has 1 heterocycles. The molecule has 0 saturated carbocycles. The summed E-state index contributed by atoms with van der Waals surface area (Å²) in [5.74, 6) is -1.22. The van der Waals surface area contributed by atoms with Crippen LogP contribution in [-0.4, -0.2) is 26.2 Å². The van der Waals surface area contributed by atoms with Crippen LogP contribution >= 0.6 is 0 Å². The van der Waals surface area contributed by atoms with Gasteiger partial charge in [-0.15, -0.1) is 0 Å². The molecule has 35 heavy (non-hydrogen) atoms. The van der Waals surface area contributed by atoms with Crippen LogP contribution in [-0.2, 0) is 6.61 Å². The standard InChI is InChI=1S/C28H21FN2O4/c1-16-6-7-17(12-21(16)27(33)34)15-35-28-30-24-13-22(23(29)14-25(24)31-28)19-10-8-18(9-11-19)20-4-2-3-5-26(20)32/h2-14,32H,15H2,1H3,(H,30,31)(H,33,34). The summed E-state index contributed by atoms with van der Waals surface area (Å²) in [5.41, 5.74) is 5.19. The molecule has 0 saturated heterocycles. The number of carbonyl (C=O) groups is 1. The van der Waals surface area contributed by atoms with Gasteiger partial charge in [-0.2, -0.15) is 4.98 Å². The van der Waals surface area contributed by atoms with E-state index >= 15 is 0 Å². The highest BCUT2D eigenvalue weighted by Gasteiger charge is 2.13. The van der Waals surface area contributed by atoms with E-state index in [0.717, 1.165) is 5.56 Å². The number of fused-ring (bicyclic) bond motifs is 1. The Labute approximate surface area is 200 Å². The van der Waals surface area contributed by atoms with Gasteiger partial charge in [-0.1, -0.05) is 54.6 Å². The molecule has 6 nitrogen and oxygen atoms in total. The minimum Gasteiger partial charge on any atom is -0.507 e. The summed E-state index contributed by atoms with van der Waals surface area (Å²) >= 11 is 0. The molecule has 1 aromatic heterocycles. The molecule has 0 bridgehead atoms. The normalized spacial score (nSPS) is 11.0. The van der Waals surface area contributed by atoms with Crippen LogP contribution in [0.3, 0.4) is 0 Å². The molecular formula is C28H21FN2O4. The Morgan fingerprint density at radius 3 is 2.40 bits per heavy atom. The van der Waals surface area contributed by atoms with Gasteiger partial charge in [0.05, 0.1) is 16.6 Å². The Hall–Kier alpha value is -4.65. The number of carboxylic acids is 1. The zero-order valence-corrected chi connectivity index (χ0v) is 18.7. The van der Waals surface area contributed by atoms with Crippen molar-refractivity contribution in [2.45, 2.75) is 13.5 Å². The molecule has 0 atom stereocenters. The molecule has 7 heteroatoms. The van der Waals surface area contributed by atoms with E-state index < -0.39 is 11.8 Å². The molecule has 0 radical (unpaired) electrons. The van der Waals surface area contributed by atoms with Crippen LogP contribution in [0.4, 0.5) is 4.39 Å². The van der Waals surface area contributed by atoms with E-state index in [1.165, 1.54) is 6.07 Å². The second-order valence-electron chi connectivity index (χ2n) is 8.23. The van der Waals surface area contributed by atoms with Crippen LogP contribution in [0.1, 0.15) is 21.5 Å². The fraction of sp³-hybridized carbons (Fsp3) is 0.0714. The van der Waals surface area contributed by atoms with Gasteiger partial charge >= 0.3 is 5.97 Å². The van der Waals surface area contributed by atoms with Crippen molar-refractivity contribution in [1.29, 1.82) is 0 Å². The van der Waals surface area contributed by atoms with Crippen LogP contribution in [0.2, 0.25) is 0 Å². The lowest BCUT2D eigenvalue weighted by atomic mass is 9.99. The number of aromatic amines is 1. The van der Waals surface area contributed by atoms with Gasteiger partial charge in [0.1, 0.15) is 18.2 Å². The van der Waals surface area contributed by atoms with E-state index in [2.05, 4.69) is 9.97 Å². The summed E-state index contributed by atoms with van der Waals surface area (Å²) in [4.78, 5) is 18.7. The zero-order valence-electron chi connectivity index (χ0n) is 18.7. The lowest BCUT2D eigenvalue weighted by molar-refractivity contribution is 0.0696. The van der Waals surface area contributed by atoms with Crippen molar-refractivity contribution >= 4 is 17.0 Å². The van der Waals surface area contributed by atoms with Crippen molar-refractivity contribution in [1.82, 2.24) is 9.97 Å². The van der Waals surface area contributed by atoms with E-state index in [0.29, 0.717) is 38.9 Å². The predicted molar refractivity (Wildman–Crippen MR) is 131 cm³/mol. The number of hydrogen-bond donors (Lipinski definition) is 3. The number of phenolic OH excluding ortho intramolecular Hbond substituents is 1. The van der Waals surface area contributed by atoms with E-state index in [-0.39, 0.29) is 23.9 Å². The Morgan fingerprint density at radius 1 is 0.971 bits per heavy atom. The monoisotopic (exact) mass is 468 g/mol. The van der Waals surface area contributed by atoms with Crippen molar-refractivity contribution in [3.8, 4) is 34.0 Å². The van der Waals surface area contributed by atoms with Gasteiger partial charge in [0.2, 0.25) is 0 Å². The maximum absolute atomic E-state index is 14.9. The van der Waals surface area contributed by atoms with Gasteiger partial charge in [0, 0.05) is 17.2 Å². The van der Waals surface area contributed by atoms with Crippen LogP contribution in [0.5, 0.6) is 11.8 Å². The van der Waals surface area contributed by atoms with Crippen molar-refractivity contribution in [3.05, 3.63) is 101 Å². The third-order valence-corrected chi connectivity index (χ3v) is 5.87. The summed E-state index contributed by atoms with van der Waals surface area (Å²) < 4.78 is 20.6. The minimum atomic E-state index is -0.996. The molecule has 0 unspecified atom stereocenters. The van der Waals surface area contributed by atoms with Gasteiger partial charge in [0.25, 0.3) is 6.01 Å². The maximum atomic E-state index is 14.9. The smallest absolute Gasteiger partial charge is 0.335 e. The second-order valence-corrected chi connectivity index (χ2v) is 8.23. The molecule has 3 N–H and O–H groups in total. The van der Waals surface area contributed by atoms with E-state index in [4.69, 9.17) is 4.74 Å². The first-order valence-corrected chi connectivity index (χ1v) is 10.9. The molecule has 0 aliphatic carbocycles. The number of ether oxygens (including phenoxy) is 1. The average molecular weight is 468 g/mol. The van der Waals surface area contributed by atoms with E-state index in [9.17, 15) is 19.4 Å². The number of aromatic nitrogens is 2. The number of hydrogen-bond acceptors (Lipinski definition) is 4. The van der Waals surface area contributed by atoms with Crippen LogP contribution in [0, 0.1) is 12.7 Å². The Morgan fingerprint density at radius 2 is 1.69 bits per heavy atom. The number of imidazole rings is 1. The first kappa shape index (κ1) is 22.2. The molecule has 4 aromatic carbocycles. The largest absolute Gasteiger partial charge is 0.507 e. The maximum Gasteiger partial charge on any atom is 0.335 e. The van der Waals surface area contributed by atoms with Crippen molar-refractivity contribution in [2.24, 2.45) is 0 Å². The number of nitrogens with zero attached hydrogens (tertiary/aromatic N) is 1. The zero-order chi connectivity index (χ0) is 24.5. The first-order valence-electron chi connectivity index (χ1n) is 10.9. The molecule has 5 aromatic rings. The highest BCUT2D eigenvalue weighted by Crippen LogP contribution is 2.32. The third-order valence-electron chi connectivity index (χ3n) is 5.87. The fourth-order valence-electron chi connectivity index (χ4n) is 3.98. The molecule has 174 valence electrons. The van der Waals surface area contributed by atoms with Gasteiger partial charge in [-0.3, -0.25) is 0 Å². The number of H-pyrrole nitrogens is 1. The summed E-state index contributed by atoms with van der Waals surface area (Å²) in [5, 5.41) is 19.4. The molecule has 0 aliphatic heterocycles. The van der Waals surface area contributed by atoms with Gasteiger partial charge in [-0.25, -0.2) is 9.18 Å². The van der Waals surface area contributed by atoms with Gasteiger partial charge in [-0.05, 0) is 47.4 Å². The van der Waals surface area contributed by atoms with Crippen LogP contribution < -0.4 is 4.74 Å². The molecule has 0 spiro atoms. The number of benzene rings is 4. The topological polar surface area (TPSA) is 95.4 Å². The molecule has 0 fully saturated rings. The van der Waals surface area contributed by atoms with Crippen LogP contribution in [0.15, 0.2) is 78.9 Å².